The van der Waals surface area contributed by atoms with Gasteiger partial charge in [0.1, 0.15) is 6.54 Å². The lowest BCUT2D eigenvalue weighted by molar-refractivity contribution is -0.120. The summed E-state index contributed by atoms with van der Waals surface area (Å²) in [5.74, 6) is 0.611. The topological polar surface area (TPSA) is 83.4 Å². The van der Waals surface area contributed by atoms with Gasteiger partial charge in [0.15, 0.2) is 11.0 Å². The number of halogens is 1. The Labute approximate surface area is 207 Å². The second kappa shape index (κ2) is 10.2. The highest BCUT2D eigenvalue weighted by atomic mass is 35.5. The van der Waals surface area contributed by atoms with Crippen LogP contribution in [-0.4, -0.2) is 56.9 Å². The number of nitrogens with zero attached hydrogens (tertiary/aromatic N) is 5. The number of fused-ring (bicyclic) bond motifs is 1. The number of likely N-dealkylation sites (tertiary alicyclic amines) is 1. The summed E-state index contributed by atoms with van der Waals surface area (Å²) in [5, 5.41) is 13.0. The predicted octanol–water partition coefficient (Wildman–Crippen LogP) is 3.98. The lowest BCUT2D eigenvalue weighted by Crippen LogP contribution is -2.43. The van der Waals surface area contributed by atoms with Gasteiger partial charge in [0.2, 0.25) is 11.8 Å². The fourth-order valence-electron chi connectivity index (χ4n) is 4.32. The summed E-state index contributed by atoms with van der Waals surface area (Å²) in [7, 11) is 0. The third kappa shape index (κ3) is 4.96. The fourth-order valence-corrected chi connectivity index (χ4v) is 5.30. The zero-order chi connectivity index (χ0) is 23.5. The van der Waals surface area contributed by atoms with Gasteiger partial charge in [-0.3, -0.25) is 19.1 Å². The average molecular weight is 497 g/mol. The van der Waals surface area contributed by atoms with E-state index in [4.69, 9.17) is 11.6 Å². The summed E-state index contributed by atoms with van der Waals surface area (Å²) in [6, 6.07) is 14.9. The second-order valence-corrected chi connectivity index (χ2v) is 9.76. The van der Waals surface area contributed by atoms with Gasteiger partial charge in [0, 0.05) is 10.7 Å². The van der Waals surface area contributed by atoms with Crippen LogP contribution in [0.15, 0.2) is 53.7 Å². The number of hydrogen-bond acceptors (Lipinski definition) is 6. The van der Waals surface area contributed by atoms with Crippen LogP contribution in [0.1, 0.15) is 25.1 Å². The minimum Gasteiger partial charge on any atom is -0.323 e. The van der Waals surface area contributed by atoms with E-state index in [9.17, 15) is 9.59 Å². The molecule has 10 heteroatoms. The molecule has 2 amide bonds. The molecule has 2 aromatic carbocycles. The molecule has 0 aliphatic carbocycles. The number of benzene rings is 2. The Kier molecular flexibility index (Phi) is 6.85. The van der Waals surface area contributed by atoms with E-state index in [0.717, 1.165) is 24.6 Å². The van der Waals surface area contributed by atoms with Crippen LogP contribution in [0.5, 0.6) is 0 Å². The van der Waals surface area contributed by atoms with Crippen molar-refractivity contribution in [1.82, 2.24) is 19.7 Å². The van der Waals surface area contributed by atoms with E-state index in [1.807, 2.05) is 47.0 Å². The van der Waals surface area contributed by atoms with Crippen LogP contribution in [0, 0.1) is 0 Å². The van der Waals surface area contributed by atoms with Crippen molar-refractivity contribution in [3.63, 3.8) is 0 Å². The standard InChI is InChI=1S/C24H25ClN6O2S/c25-17-8-10-18(11-9-17)31-21(14-29-12-4-1-5-13-29)27-28-24(31)34-16-23(33)30-15-22(32)26-19-6-2-3-7-20(19)30/h2-3,6-11H,1,4-5,12-16H2,(H,26,32). The molecule has 0 radical (unpaired) electrons. The number of rotatable bonds is 6. The predicted molar refractivity (Wildman–Crippen MR) is 134 cm³/mol. The molecule has 1 N–H and O–H groups in total. The number of carbonyl (C=O) groups excluding carboxylic acids is 2. The van der Waals surface area contributed by atoms with Crippen molar-refractivity contribution in [3.8, 4) is 5.69 Å². The zero-order valence-corrected chi connectivity index (χ0v) is 20.2. The van der Waals surface area contributed by atoms with E-state index in [1.54, 1.807) is 6.07 Å². The van der Waals surface area contributed by atoms with Gasteiger partial charge in [0.05, 0.1) is 23.7 Å². The quantitative estimate of drug-likeness (QED) is 0.520. The van der Waals surface area contributed by atoms with E-state index in [2.05, 4.69) is 20.4 Å². The number of para-hydroxylation sites is 2. The lowest BCUT2D eigenvalue weighted by atomic mass is 10.1. The molecule has 0 unspecified atom stereocenters. The highest BCUT2D eigenvalue weighted by Gasteiger charge is 2.27. The van der Waals surface area contributed by atoms with Crippen molar-refractivity contribution in [2.75, 3.05) is 35.6 Å². The van der Waals surface area contributed by atoms with E-state index in [0.29, 0.717) is 28.1 Å². The van der Waals surface area contributed by atoms with Gasteiger partial charge < -0.3 is 10.2 Å². The van der Waals surface area contributed by atoms with Crippen molar-refractivity contribution in [2.24, 2.45) is 0 Å². The van der Waals surface area contributed by atoms with E-state index < -0.39 is 0 Å². The SMILES string of the molecule is O=C1CN(C(=O)CSc2nnc(CN3CCCCC3)n2-c2ccc(Cl)cc2)c2ccccc2N1. The van der Waals surface area contributed by atoms with Crippen molar-refractivity contribution in [1.29, 1.82) is 0 Å². The monoisotopic (exact) mass is 496 g/mol. The molecule has 0 atom stereocenters. The maximum absolute atomic E-state index is 13.1. The van der Waals surface area contributed by atoms with Gasteiger partial charge in [-0.05, 0) is 62.3 Å². The second-order valence-electron chi connectivity index (χ2n) is 8.38. The molecule has 5 rings (SSSR count). The largest absolute Gasteiger partial charge is 0.323 e. The number of nitrogens with one attached hydrogen (secondary N) is 1. The third-order valence-corrected chi connectivity index (χ3v) is 7.16. The lowest BCUT2D eigenvalue weighted by Gasteiger charge is -2.29. The van der Waals surface area contributed by atoms with E-state index >= 15 is 0 Å². The van der Waals surface area contributed by atoms with Crippen molar-refractivity contribution in [2.45, 2.75) is 31.0 Å². The van der Waals surface area contributed by atoms with Gasteiger partial charge in [0.25, 0.3) is 0 Å². The van der Waals surface area contributed by atoms with E-state index in [1.165, 1.54) is 35.9 Å². The smallest absolute Gasteiger partial charge is 0.244 e. The van der Waals surface area contributed by atoms with Gasteiger partial charge >= 0.3 is 0 Å². The first-order chi connectivity index (χ1) is 16.6. The fraction of sp³-hybridized carbons (Fsp3) is 0.333. The molecule has 176 valence electrons. The van der Waals surface area contributed by atoms with Crippen LogP contribution in [0.4, 0.5) is 11.4 Å². The minimum absolute atomic E-state index is 0.000488. The first-order valence-corrected chi connectivity index (χ1v) is 12.7. The summed E-state index contributed by atoms with van der Waals surface area (Å²) in [4.78, 5) is 29.2. The Morgan fingerprint density at radius 1 is 1.03 bits per heavy atom. The van der Waals surface area contributed by atoms with Crippen molar-refractivity contribution >= 4 is 46.6 Å². The number of aromatic nitrogens is 3. The molecule has 1 aromatic heterocycles. The van der Waals surface area contributed by atoms with Gasteiger partial charge in [-0.2, -0.15) is 0 Å². The van der Waals surface area contributed by atoms with Gasteiger partial charge in [-0.1, -0.05) is 41.9 Å². The van der Waals surface area contributed by atoms with Crippen LogP contribution in [0.2, 0.25) is 5.02 Å². The molecule has 1 fully saturated rings. The molecular weight excluding hydrogens is 472 g/mol. The number of anilines is 2. The summed E-state index contributed by atoms with van der Waals surface area (Å²) in [6.45, 7) is 2.79. The summed E-state index contributed by atoms with van der Waals surface area (Å²) in [6.07, 6.45) is 3.65. The Hall–Kier alpha value is -2.88. The summed E-state index contributed by atoms with van der Waals surface area (Å²) < 4.78 is 2.00. The van der Waals surface area contributed by atoms with Crippen LogP contribution in [-0.2, 0) is 16.1 Å². The van der Waals surface area contributed by atoms with Gasteiger partial charge in [-0.15, -0.1) is 10.2 Å². The number of hydrogen-bond donors (Lipinski definition) is 1. The molecule has 3 aromatic rings. The first-order valence-electron chi connectivity index (χ1n) is 11.3. The Bertz CT molecular complexity index is 1190. The maximum Gasteiger partial charge on any atom is 0.244 e. The third-order valence-electron chi connectivity index (χ3n) is 6.00. The normalized spacial score (nSPS) is 16.3. The molecule has 0 bridgehead atoms. The van der Waals surface area contributed by atoms with Crippen LogP contribution >= 0.6 is 23.4 Å². The van der Waals surface area contributed by atoms with Gasteiger partial charge in [-0.25, -0.2) is 0 Å². The van der Waals surface area contributed by atoms with Crippen LogP contribution in [0.25, 0.3) is 5.69 Å². The molecular formula is C24H25ClN6O2S. The molecule has 0 spiro atoms. The summed E-state index contributed by atoms with van der Waals surface area (Å²) in [5.41, 5.74) is 2.25. The maximum atomic E-state index is 13.1. The summed E-state index contributed by atoms with van der Waals surface area (Å²) >= 11 is 7.43. The molecule has 2 aliphatic heterocycles. The Morgan fingerprint density at radius 2 is 1.79 bits per heavy atom. The number of amides is 2. The zero-order valence-electron chi connectivity index (χ0n) is 18.6. The highest BCUT2D eigenvalue weighted by Crippen LogP contribution is 2.30. The van der Waals surface area contributed by atoms with Crippen molar-refractivity contribution in [3.05, 3.63) is 59.4 Å². The van der Waals surface area contributed by atoms with E-state index in [-0.39, 0.29) is 24.1 Å². The molecule has 0 saturated carbocycles. The highest BCUT2D eigenvalue weighted by molar-refractivity contribution is 7.99. The molecule has 2 aliphatic rings. The average Bonchev–Trinajstić information content (AvgIpc) is 3.25. The van der Waals surface area contributed by atoms with Crippen molar-refractivity contribution < 1.29 is 9.59 Å². The van der Waals surface area contributed by atoms with Crippen LogP contribution in [0.3, 0.4) is 0 Å². The first kappa shape index (κ1) is 22.9. The molecule has 8 nitrogen and oxygen atoms in total. The number of thioether (sulfide) groups is 1. The van der Waals surface area contributed by atoms with Crippen LogP contribution < -0.4 is 10.2 Å². The Morgan fingerprint density at radius 3 is 2.59 bits per heavy atom. The number of piperidine rings is 1. The minimum atomic E-state index is -0.204. The molecule has 3 heterocycles. The Balaban J connectivity index is 1.37. The number of carbonyl (C=O) groups is 2. The molecule has 34 heavy (non-hydrogen) atoms. The molecule has 1 saturated heterocycles.